The molecule has 0 fully saturated rings. The van der Waals surface area contributed by atoms with Gasteiger partial charge in [-0.1, -0.05) is 125 Å². The Morgan fingerprint density at radius 3 is 1.30 bits per heavy atom. The van der Waals surface area contributed by atoms with E-state index in [1.807, 2.05) is 0 Å². The van der Waals surface area contributed by atoms with E-state index >= 15 is 0 Å². The van der Waals surface area contributed by atoms with E-state index in [1.54, 1.807) is 0 Å². The van der Waals surface area contributed by atoms with E-state index in [9.17, 15) is 0 Å². The Bertz CT molecular complexity index is 2750. The lowest BCUT2D eigenvalue weighted by Gasteiger charge is -2.15. The van der Waals surface area contributed by atoms with Gasteiger partial charge >= 0.3 is 0 Å². The van der Waals surface area contributed by atoms with Crippen LogP contribution in [0.1, 0.15) is 98.6 Å². The first-order valence-corrected chi connectivity index (χ1v) is 22.2. The minimum atomic E-state index is 0.639. The van der Waals surface area contributed by atoms with Gasteiger partial charge in [0.25, 0.3) is 0 Å². The summed E-state index contributed by atoms with van der Waals surface area (Å²) in [5.74, 6) is 1.28. The van der Waals surface area contributed by atoms with Crippen molar-refractivity contribution < 1.29 is 9.13 Å². The molecule has 2 heterocycles. The molecule has 0 aliphatic rings. The maximum absolute atomic E-state index is 2.40. The summed E-state index contributed by atoms with van der Waals surface area (Å²) in [4.78, 5) is 0. The summed E-state index contributed by atoms with van der Waals surface area (Å²) in [7, 11) is 4.30. The average molecular weight is 789 g/mol. The van der Waals surface area contributed by atoms with Crippen LogP contribution in [0.5, 0.6) is 0 Å². The molecule has 0 aliphatic carbocycles. The molecule has 0 saturated carbocycles. The lowest BCUT2D eigenvalue weighted by Crippen LogP contribution is -2.30. The van der Waals surface area contributed by atoms with Gasteiger partial charge < -0.3 is 0 Å². The minimum Gasteiger partial charge on any atom is -0.200 e. The first-order chi connectivity index (χ1) is 29.1. The van der Waals surface area contributed by atoms with Gasteiger partial charge in [0.05, 0.1) is 10.8 Å². The molecule has 0 unspecified atom stereocenters. The Hall–Kier alpha value is -5.86. The average Bonchev–Trinajstić information content (AvgIpc) is 3.26. The Labute approximate surface area is 360 Å². The van der Waals surface area contributed by atoms with Crippen molar-refractivity contribution in [1.82, 2.24) is 0 Å². The standard InChI is InChI=1S/C30H34N.C28H30N/c1-7-23(8-2)24-12-15-28-25(19-24)16-17-31(6)30(28)27-14-13-26(18-22(27)5)29-20(3)10-9-11-21(29)4;1-5-21(6-2)24-13-15-27-25(19-24)16-17-29(4)28(27)26-14-12-23(18-20(26)3)22-10-8-7-9-11-22/h9-19,23H,7-8H2,1-6H3;7-19,21H,5-6H2,1-4H3/q2*+1. The smallest absolute Gasteiger partial charge is 0.200 e. The molecule has 8 aromatic rings. The highest BCUT2D eigenvalue weighted by Gasteiger charge is 2.21. The lowest BCUT2D eigenvalue weighted by atomic mass is 9.90. The molecule has 304 valence electrons. The number of hydrogen-bond acceptors (Lipinski definition) is 0. The third kappa shape index (κ3) is 8.57. The molecule has 0 atom stereocenters. The molecule has 0 saturated heterocycles. The van der Waals surface area contributed by atoms with Crippen molar-refractivity contribution in [3.63, 3.8) is 0 Å². The van der Waals surface area contributed by atoms with Gasteiger partial charge in [0.15, 0.2) is 12.4 Å². The largest absolute Gasteiger partial charge is 0.220 e. The van der Waals surface area contributed by atoms with Crippen molar-refractivity contribution in [2.75, 3.05) is 0 Å². The minimum absolute atomic E-state index is 0.639. The number of hydrogen-bond donors (Lipinski definition) is 0. The van der Waals surface area contributed by atoms with Crippen LogP contribution >= 0.6 is 0 Å². The number of aromatic nitrogens is 2. The first kappa shape index (κ1) is 42.3. The van der Waals surface area contributed by atoms with Gasteiger partial charge in [0, 0.05) is 23.3 Å². The highest BCUT2D eigenvalue weighted by Crippen LogP contribution is 2.36. The molecule has 6 aromatic carbocycles. The van der Waals surface area contributed by atoms with Crippen LogP contribution in [-0.2, 0) is 14.1 Å². The maximum Gasteiger partial charge on any atom is 0.220 e. The molecule has 0 amide bonds. The molecule has 2 heteroatoms. The summed E-state index contributed by atoms with van der Waals surface area (Å²) < 4.78 is 4.52. The predicted molar refractivity (Wildman–Crippen MR) is 258 cm³/mol. The van der Waals surface area contributed by atoms with Gasteiger partial charge in [0.1, 0.15) is 14.1 Å². The summed E-state index contributed by atoms with van der Waals surface area (Å²) >= 11 is 0. The normalized spacial score (nSPS) is 11.4. The number of nitrogens with zero attached hydrogens (tertiary/aromatic N) is 2. The topological polar surface area (TPSA) is 7.76 Å². The molecule has 0 N–H and O–H groups in total. The molecule has 60 heavy (non-hydrogen) atoms. The fourth-order valence-corrected chi connectivity index (χ4v) is 9.58. The Morgan fingerprint density at radius 1 is 0.400 bits per heavy atom. The predicted octanol–water partition coefficient (Wildman–Crippen LogP) is 15.0. The second kappa shape index (κ2) is 18.6. The van der Waals surface area contributed by atoms with Crippen molar-refractivity contribution in [3.05, 3.63) is 179 Å². The molecule has 8 rings (SSSR count). The number of rotatable bonds is 10. The van der Waals surface area contributed by atoms with Crippen LogP contribution in [0.25, 0.3) is 66.3 Å². The molecular formula is C58H64N2+2. The zero-order valence-corrected chi connectivity index (χ0v) is 37.7. The van der Waals surface area contributed by atoms with Crippen LogP contribution in [0.15, 0.2) is 146 Å². The summed E-state index contributed by atoms with van der Waals surface area (Å²) in [6.07, 6.45) is 9.15. The van der Waals surface area contributed by atoms with Crippen LogP contribution in [-0.4, -0.2) is 0 Å². The van der Waals surface area contributed by atoms with Crippen molar-refractivity contribution in [2.24, 2.45) is 14.1 Å². The number of aryl methyl sites for hydroxylation is 6. The second-order valence-electron chi connectivity index (χ2n) is 17.0. The van der Waals surface area contributed by atoms with Gasteiger partial charge in [-0.05, 0) is 156 Å². The summed E-state index contributed by atoms with van der Waals surface area (Å²) in [5.41, 5.74) is 18.6. The maximum atomic E-state index is 2.40. The van der Waals surface area contributed by atoms with Crippen LogP contribution in [0.4, 0.5) is 0 Å². The monoisotopic (exact) mass is 789 g/mol. The van der Waals surface area contributed by atoms with Gasteiger partial charge in [-0.15, -0.1) is 0 Å². The zero-order valence-electron chi connectivity index (χ0n) is 37.7. The molecule has 0 spiro atoms. The zero-order chi connectivity index (χ0) is 42.5. The molecule has 0 bridgehead atoms. The molecule has 0 radical (unpaired) electrons. The van der Waals surface area contributed by atoms with E-state index in [0.29, 0.717) is 11.8 Å². The van der Waals surface area contributed by atoms with Crippen molar-refractivity contribution >= 4 is 21.5 Å². The second-order valence-corrected chi connectivity index (χ2v) is 17.0. The van der Waals surface area contributed by atoms with Gasteiger partial charge in [-0.3, -0.25) is 0 Å². The fourth-order valence-electron chi connectivity index (χ4n) is 9.58. The van der Waals surface area contributed by atoms with E-state index < -0.39 is 0 Å². The summed E-state index contributed by atoms with van der Waals surface area (Å²) in [5, 5.41) is 5.30. The molecule has 0 aliphatic heterocycles. The first-order valence-electron chi connectivity index (χ1n) is 22.2. The Kier molecular flexibility index (Phi) is 13.1. The quantitative estimate of drug-likeness (QED) is 0.122. The van der Waals surface area contributed by atoms with Crippen LogP contribution in [0.2, 0.25) is 0 Å². The van der Waals surface area contributed by atoms with E-state index in [0.717, 1.165) is 0 Å². The van der Waals surface area contributed by atoms with Crippen molar-refractivity contribution in [3.8, 4) is 44.8 Å². The number of benzene rings is 6. The Morgan fingerprint density at radius 2 is 0.850 bits per heavy atom. The van der Waals surface area contributed by atoms with Crippen LogP contribution in [0, 0.1) is 27.7 Å². The van der Waals surface area contributed by atoms with Gasteiger partial charge in [-0.2, -0.15) is 0 Å². The SMILES string of the molecule is CCC(CC)c1ccc2c(-c3ccc(-c4c(C)cccc4C)cc3C)[n+](C)ccc2c1.CCC(CC)c1ccc2c(-c3ccc(-c4ccccc4)cc3C)[n+](C)ccc2c1. The van der Waals surface area contributed by atoms with Crippen LogP contribution in [0.3, 0.4) is 0 Å². The van der Waals surface area contributed by atoms with Crippen molar-refractivity contribution in [2.45, 2.75) is 92.9 Å². The highest BCUT2D eigenvalue weighted by molar-refractivity contribution is 5.95. The van der Waals surface area contributed by atoms with E-state index in [1.165, 1.54) is 125 Å². The van der Waals surface area contributed by atoms with E-state index in [-0.39, 0.29) is 0 Å². The van der Waals surface area contributed by atoms with Gasteiger partial charge in [-0.25, -0.2) is 9.13 Å². The summed E-state index contributed by atoms with van der Waals surface area (Å²) in [6, 6.07) is 49.5. The third-order valence-electron chi connectivity index (χ3n) is 13.1. The van der Waals surface area contributed by atoms with Gasteiger partial charge in [0.2, 0.25) is 11.4 Å². The van der Waals surface area contributed by atoms with E-state index in [2.05, 4.69) is 224 Å². The highest BCUT2D eigenvalue weighted by atomic mass is 14.9. The summed E-state index contributed by atoms with van der Waals surface area (Å²) in [6.45, 7) is 18.0. The molecule has 2 nitrogen and oxygen atoms in total. The molecular weight excluding hydrogens is 725 g/mol. The molecule has 2 aromatic heterocycles. The fraction of sp³-hybridized carbons (Fsp3) is 0.276. The van der Waals surface area contributed by atoms with E-state index in [4.69, 9.17) is 0 Å². The number of pyridine rings is 2. The Balaban J connectivity index is 0.000000182. The van der Waals surface area contributed by atoms with Crippen molar-refractivity contribution in [1.29, 1.82) is 0 Å². The van der Waals surface area contributed by atoms with Crippen LogP contribution < -0.4 is 9.13 Å². The third-order valence-corrected chi connectivity index (χ3v) is 13.1. The lowest BCUT2D eigenvalue weighted by molar-refractivity contribution is -0.659. The number of fused-ring (bicyclic) bond motifs is 2.